The summed E-state index contributed by atoms with van der Waals surface area (Å²) in [6.07, 6.45) is 6.43. The van der Waals surface area contributed by atoms with Crippen molar-refractivity contribution in [3.8, 4) is 6.07 Å². The summed E-state index contributed by atoms with van der Waals surface area (Å²) in [6, 6.07) is 14.0. The standard InChI is InChI=1S/C32H45N7O2/c1-6-26-21-39(29-18-31(40)35(4)30-22-37(17-14-33)34-32(29)30)27(7-2)20-38(26)23(3)25-10-8-24(9-11-25)19-36-15-12-28(41-5)13-16-36/h8-11,18,22-23,26-28H,6-7,12-13,15-17,19-21H2,1-5H3/t23-,26-,27+/m1/s1. The molecule has 3 atom stereocenters. The molecule has 9 nitrogen and oxygen atoms in total. The van der Waals surface area contributed by atoms with Crippen molar-refractivity contribution in [3.63, 3.8) is 0 Å². The molecule has 3 aromatic rings. The molecular formula is C32H45N7O2. The highest BCUT2D eigenvalue weighted by atomic mass is 16.5. The largest absolute Gasteiger partial charge is 0.381 e. The number of ether oxygens (including phenoxy) is 1. The minimum absolute atomic E-state index is 0.0501. The van der Waals surface area contributed by atoms with Crippen LogP contribution in [0.1, 0.15) is 63.6 Å². The van der Waals surface area contributed by atoms with Gasteiger partial charge in [0, 0.05) is 71.1 Å². The first kappa shape index (κ1) is 29.3. The molecule has 5 rings (SSSR count). The fourth-order valence-electron chi connectivity index (χ4n) is 6.72. The number of aromatic nitrogens is 3. The Morgan fingerprint density at radius 3 is 2.44 bits per heavy atom. The van der Waals surface area contributed by atoms with Crippen molar-refractivity contribution in [2.24, 2.45) is 7.05 Å². The average molecular weight is 560 g/mol. The molecule has 2 saturated heterocycles. The van der Waals surface area contributed by atoms with E-state index in [1.807, 2.05) is 13.3 Å². The van der Waals surface area contributed by atoms with Crippen LogP contribution in [0.15, 0.2) is 41.3 Å². The van der Waals surface area contributed by atoms with E-state index in [0.29, 0.717) is 18.2 Å². The lowest BCUT2D eigenvalue weighted by molar-refractivity contribution is 0.0388. The minimum atomic E-state index is -0.0501. The van der Waals surface area contributed by atoms with Crippen LogP contribution < -0.4 is 10.5 Å². The molecule has 2 aliphatic heterocycles. The first-order chi connectivity index (χ1) is 19.9. The molecule has 0 aliphatic carbocycles. The lowest BCUT2D eigenvalue weighted by Crippen LogP contribution is -2.58. The van der Waals surface area contributed by atoms with Crippen LogP contribution in [0, 0.1) is 11.3 Å². The van der Waals surface area contributed by atoms with Gasteiger partial charge in [-0.25, -0.2) is 0 Å². The van der Waals surface area contributed by atoms with E-state index in [4.69, 9.17) is 9.84 Å². The second-order valence-corrected chi connectivity index (χ2v) is 11.7. The van der Waals surface area contributed by atoms with E-state index < -0.39 is 0 Å². The Morgan fingerprint density at radius 2 is 1.80 bits per heavy atom. The van der Waals surface area contributed by atoms with Gasteiger partial charge in [-0.05, 0) is 43.7 Å². The summed E-state index contributed by atoms with van der Waals surface area (Å²) in [5.41, 5.74) is 5.11. The third-order valence-corrected chi connectivity index (χ3v) is 9.39. The maximum atomic E-state index is 13.0. The van der Waals surface area contributed by atoms with E-state index in [9.17, 15) is 10.1 Å². The van der Waals surface area contributed by atoms with Crippen molar-refractivity contribution in [2.45, 2.75) is 83.8 Å². The van der Waals surface area contributed by atoms with Crippen LogP contribution in [0.2, 0.25) is 0 Å². The van der Waals surface area contributed by atoms with Crippen molar-refractivity contribution >= 4 is 16.7 Å². The topological polar surface area (TPSA) is 82.6 Å². The van der Waals surface area contributed by atoms with Crippen LogP contribution in [0.4, 0.5) is 5.69 Å². The summed E-state index contributed by atoms with van der Waals surface area (Å²) < 4.78 is 8.79. The van der Waals surface area contributed by atoms with Gasteiger partial charge in [-0.2, -0.15) is 10.4 Å². The summed E-state index contributed by atoms with van der Waals surface area (Å²) in [5, 5.41) is 13.9. The van der Waals surface area contributed by atoms with Gasteiger partial charge in [-0.1, -0.05) is 38.1 Å². The third kappa shape index (κ3) is 6.06. The number of likely N-dealkylation sites (tertiary alicyclic amines) is 1. The number of methoxy groups -OCH3 is 1. The summed E-state index contributed by atoms with van der Waals surface area (Å²) >= 11 is 0. The minimum Gasteiger partial charge on any atom is -0.381 e. The Bertz CT molecular complexity index is 1410. The Kier molecular flexibility index (Phi) is 9.12. The second-order valence-electron chi connectivity index (χ2n) is 11.7. The molecule has 4 heterocycles. The maximum Gasteiger partial charge on any atom is 0.252 e. The Labute approximate surface area is 243 Å². The molecule has 2 aromatic heterocycles. The zero-order chi connectivity index (χ0) is 29.1. The van der Waals surface area contributed by atoms with Crippen molar-refractivity contribution in [1.82, 2.24) is 24.1 Å². The second kappa shape index (κ2) is 12.8. The first-order valence-corrected chi connectivity index (χ1v) is 15.2. The third-order valence-electron chi connectivity index (χ3n) is 9.39. The normalized spacial score (nSPS) is 21.8. The highest BCUT2D eigenvalue weighted by Gasteiger charge is 2.36. The molecule has 0 unspecified atom stereocenters. The van der Waals surface area contributed by atoms with E-state index >= 15 is 0 Å². The molecule has 0 spiro atoms. The van der Waals surface area contributed by atoms with Gasteiger partial charge in [0.2, 0.25) is 0 Å². The summed E-state index contributed by atoms with van der Waals surface area (Å²) in [7, 11) is 3.59. The van der Waals surface area contributed by atoms with Gasteiger partial charge in [-0.3, -0.25) is 19.3 Å². The number of pyridine rings is 1. The molecule has 2 aliphatic rings. The van der Waals surface area contributed by atoms with Crippen LogP contribution in [0.25, 0.3) is 11.0 Å². The van der Waals surface area contributed by atoms with Crippen molar-refractivity contribution in [3.05, 3.63) is 58.0 Å². The fourth-order valence-corrected chi connectivity index (χ4v) is 6.72. The number of fused-ring (bicyclic) bond motifs is 1. The van der Waals surface area contributed by atoms with Crippen LogP contribution in [-0.4, -0.2) is 75.6 Å². The molecule has 2 fully saturated rings. The van der Waals surface area contributed by atoms with Gasteiger partial charge >= 0.3 is 0 Å². The molecule has 220 valence electrons. The van der Waals surface area contributed by atoms with E-state index in [2.05, 4.69) is 65.8 Å². The molecular weight excluding hydrogens is 514 g/mol. The SMILES string of the molecule is CC[C@H]1CN([C@H](C)c2ccc(CN3CCC(OC)CC3)cc2)[C@H](CC)CN1c1cc(=O)n(C)c2cn(CC#N)nc12. The zero-order valence-corrected chi connectivity index (χ0v) is 25.3. The van der Waals surface area contributed by atoms with Gasteiger partial charge in [-0.15, -0.1) is 0 Å². The average Bonchev–Trinajstić information content (AvgIpc) is 3.43. The number of rotatable bonds is 9. The monoisotopic (exact) mass is 559 g/mol. The van der Waals surface area contributed by atoms with Crippen LogP contribution >= 0.6 is 0 Å². The first-order valence-electron chi connectivity index (χ1n) is 15.2. The zero-order valence-electron chi connectivity index (χ0n) is 25.3. The molecule has 0 bridgehead atoms. The molecule has 0 radical (unpaired) electrons. The maximum absolute atomic E-state index is 13.0. The van der Waals surface area contributed by atoms with Crippen LogP contribution in [0.3, 0.4) is 0 Å². The van der Waals surface area contributed by atoms with Gasteiger partial charge in [0.15, 0.2) is 0 Å². The van der Waals surface area contributed by atoms with E-state index in [1.54, 1.807) is 22.4 Å². The van der Waals surface area contributed by atoms with Crippen molar-refractivity contribution in [1.29, 1.82) is 5.26 Å². The predicted octanol–water partition coefficient (Wildman–Crippen LogP) is 4.31. The summed E-state index contributed by atoms with van der Waals surface area (Å²) in [4.78, 5) is 20.6. The number of piperazine rings is 1. The number of nitriles is 1. The number of hydrogen-bond donors (Lipinski definition) is 0. The van der Waals surface area contributed by atoms with Crippen molar-refractivity contribution in [2.75, 3.05) is 38.2 Å². The molecule has 1 aromatic carbocycles. The summed E-state index contributed by atoms with van der Waals surface area (Å²) in [6.45, 7) is 11.9. The van der Waals surface area contributed by atoms with Crippen molar-refractivity contribution < 1.29 is 4.74 Å². The van der Waals surface area contributed by atoms with Gasteiger partial charge in [0.1, 0.15) is 12.1 Å². The Balaban J connectivity index is 1.34. The number of nitrogens with zero attached hydrogens (tertiary/aromatic N) is 7. The highest BCUT2D eigenvalue weighted by molar-refractivity contribution is 5.88. The molecule has 0 saturated carbocycles. The lowest BCUT2D eigenvalue weighted by atomic mass is 9.96. The predicted molar refractivity (Wildman–Crippen MR) is 163 cm³/mol. The molecule has 41 heavy (non-hydrogen) atoms. The van der Waals surface area contributed by atoms with Gasteiger partial charge in [0.05, 0.1) is 29.6 Å². The molecule has 9 heteroatoms. The number of aryl methyl sites for hydroxylation is 1. The van der Waals surface area contributed by atoms with E-state index in [1.165, 1.54) is 11.1 Å². The quantitative estimate of drug-likeness (QED) is 0.386. The number of anilines is 1. The van der Waals surface area contributed by atoms with E-state index in [0.717, 1.165) is 75.1 Å². The number of benzene rings is 1. The smallest absolute Gasteiger partial charge is 0.252 e. The Hall–Kier alpha value is -3.19. The highest BCUT2D eigenvalue weighted by Crippen LogP contribution is 2.34. The van der Waals surface area contributed by atoms with Gasteiger partial charge in [0.25, 0.3) is 5.56 Å². The number of hydrogen-bond acceptors (Lipinski definition) is 7. The lowest BCUT2D eigenvalue weighted by Gasteiger charge is -2.49. The van der Waals surface area contributed by atoms with Crippen LogP contribution in [-0.2, 0) is 24.9 Å². The Morgan fingerprint density at radius 1 is 1.10 bits per heavy atom. The summed E-state index contributed by atoms with van der Waals surface area (Å²) in [5.74, 6) is 0. The molecule has 0 amide bonds. The van der Waals surface area contributed by atoms with Gasteiger partial charge < -0.3 is 14.2 Å². The molecule has 0 N–H and O–H groups in total. The number of piperidine rings is 1. The van der Waals surface area contributed by atoms with E-state index in [-0.39, 0.29) is 18.1 Å². The fraction of sp³-hybridized carbons (Fsp3) is 0.594. The van der Waals surface area contributed by atoms with Crippen LogP contribution in [0.5, 0.6) is 0 Å².